The highest BCUT2D eigenvalue weighted by atomic mass is 32.2. The molecule has 3 amide bonds. The Morgan fingerprint density at radius 1 is 1.05 bits per heavy atom. The van der Waals surface area contributed by atoms with Crippen LogP contribution in [0, 0.1) is 6.92 Å². The molecule has 0 saturated carbocycles. The second-order valence-corrected chi connectivity index (χ2v) is 11.5. The number of pyridine rings is 1. The molecule has 3 heterocycles. The Balaban J connectivity index is 1.35. The monoisotopic (exact) mass is 556 g/mol. The highest BCUT2D eigenvalue weighted by Gasteiger charge is 2.23. The first kappa shape index (κ1) is 27.3. The lowest BCUT2D eigenvalue weighted by Gasteiger charge is -2.19. The van der Waals surface area contributed by atoms with Crippen molar-refractivity contribution in [2.45, 2.75) is 50.8 Å². The third kappa shape index (κ3) is 5.96. The average molecular weight is 557 g/mol. The van der Waals surface area contributed by atoms with Gasteiger partial charge < -0.3 is 15.4 Å². The number of carbonyl (C=O) groups is 2. The van der Waals surface area contributed by atoms with E-state index < -0.39 is 0 Å². The van der Waals surface area contributed by atoms with Gasteiger partial charge in [-0.05, 0) is 56.0 Å². The predicted octanol–water partition coefficient (Wildman–Crippen LogP) is 6.92. The van der Waals surface area contributed by atoms with Crippen molar-refractivity contribution in [1.82, 2.24) is 14.8 Å². The van der Waals surface area contributed by atoms with Crippen molar-refractivity contribution in [2.75, 3.05) is 22.2 Å². The third-order valence-corrected chi connectivity index (χ3v) is 7.30. The largest absolute Gasteiger partial charge is 0.457 e. The van der Waals surface area contributed by atoms with Gasteiger partial charge in [0.1, 0.15) is 23.1 Å². The number of rotatable bonds is 6. The molecule has 0 atom stereocenters. The van der Waals surface area contributed by atoms with E-state index in [1.807, 2.05) is 55.6 Å². The van der Waals surface area contributed by atoms with Crippen molar-refractivity contribution in [3.05, 3.63) is 77.6 Å². The van der Waals surface area contributed by atoms with Crippen LogP contribution in [-0.4, -0.2) is 33.0 Å². The van der Waals surface area contributed by atoms with Gasteiger partial charge in [-0.15, -0.1) is 11.8 Å². The molecule has 10 heteroatoms. The van der Waals surface area contributed by atoms with E-state index in [0.29, 0.717) is 41.7 Å². The van der Waals surface area contributed by atoms with Gasteiger partial charge in [0.2, 0.25) is 5.91 Å². The van der Waals surface area contributed by atoms with Crippen molar-refractivity contribution in [3.63, 3.8) is 0 Å². The van der Waals surface area contributed by atoms with Crippen LogP contribution in [0.25, 0.3) is 5.69 Å². The van der Waals surface area contributed by atoms with Crippen molar-refractivity contribution in [3.8, 4) is 17.2 Å². The molecular formula is C30H32N6O3S. The van der Waals surface area contributed by atoms with Crippen LogP contribution < -0.4 is 20.7 Å². The fourth-order valence-corrected chi connectivity index (χ4v) is 4.88. The summed E-state index contributed by atoms with van der Waals surface area (Å²) in [7, 11) is 0. The number of ether oxygens (including phenoxy) is 1. The van der Waals surface area contributed by atoms with Gasteiger partial charge in [0, 0.05) is 34.6 Å². The fraction of sp³-hybridized carbons (Fsp3) is 0.267. The van der Waals surface area contributed by atoms with E-state index in [2.05, 4.69) is 41.7 Å². The molecule has 0 aliphatic carbocycles. The molecule has 9 nitrogen and oxygen atoms in total. The van der Waals surface area contributed by atoms with Gasteiger partial charge in [-0.1, -0.05) is 38.5 Å². The first-order valence-electron chi connectivity index (χ1n) is 13.0. The maximum atomic E-state index is 13.2. The minimum absolute atomic E-state index is 0.0490. The minimum Gasteiger partial charge on any atom is -0.457 e. The SMILES string of the molecule is CSc1cc(Oc2ccnc3c2CCC(=O)N3)ccc1NC(=O)Nc1cc(C(C)(C)C)nn1-c1ccc(C)cc1. The summed E-state index contributed by atoms with van der Waals surface area (Å²) in [6.45, 7) is 8.30. The van der Waals surface area contributed by atoms with Gasteiger partial charge in [0.25, 0.3) is 0 Å². The molecule has 0 unspecified atom stereocenters. The van der Waals surface area contributed by atoms with E-state index >= 15 is 0 Å². The maximum absolute atomic E-state index is 13.2. The second kappa shape index (κ2) is 11.1. The number of urea groups is 1. The van der Waals surface area contributed by atoms with E-state index in [9.17, 15) is 9.59 Å². The Morgan fingerprint density at radius 2 is 1.82 bits per heavy atom. The number of nitrogens with one attached hydrogen (secondary N) is 3. The number of fused-ring (bicyclic) bond motifs is 1. The lowest BCUT2D eigenvalue weighted by Crippen LogP contribution is -2.21. The molecule has 1 aliphatic rings. The van der Waals surface area contributed by atoms with Crippen LogP contribution >= 0.6 is 11.8 Å². The summed E-state index contributed by atoms with van der Waals surface area (Å²) < 4.78 is 7.93. The molecule has 0 radical (unpaired) electrons. The number of anilines is 3. The summed E-state index contributed by atoms with van der Waals surface area (Å²) in [6, 6.07) is 16.8. The lowest BCUT2D eigenvalue weighted by atomic mass is 9.92. The molecular weight excluding hydrogens is 524 g/mol. The van der Waals surface area contributed by atoms with Gasteiger partial charge in [0.05, 0.1) is 17.1 Å². The minimum atomic E-state index is -0.378. The Bertz CT molecular complexity index is 1570. The molecule has 4 aromatic rings. The number of hydrogen-bond donors (Lipinski definition) is 3. The zero-order chi connectivity index (χ0) is 28.4. The number of thioether (sulfide) groups is 1. The summed E-state index contributed by atoms with van der Waals surface area (Å²) in [5, 5.41) is 13.5. The smallest absolute Gasteiger partial charge is 0.324 e. The molecule has 2 aromatic heterocycles. The van der Waals surface area contributed by atoms with Crippen molar-refractivity contribution in [2.24, 2.45) is 0 Å². The van der Waals surface area contributed by atoms with Crippen LogP contribution in [0.4, 0.5) is 22.1 Å². The quantitative estimate of drug-likeness (QED) is 0.223. The van der Waals surface area contributed by atoms with Crippen LogP contribution in [-0.2, 0) is 16.6 Å². The van der Waals surface area contributed by atoms with Gasteiger partial charge in [0.15, 0.2) is 0 Å². The molecule has 0 spiro atoms. The van der Waals surface area contributed by atoms with Crippen molar-refractivity contribution in [1.29, 1.82) is 0 Å². The Hall–Kier alpha value is -4.31. The van der Waals surface area contributed by atoms with Gasteiger partial charge >= 0.3 is 6.03 Å². The normalized spacial score (nSPS) is 12.9. The van der Waals surface area contributed by atoms with E-state index in [1.165, 1.54) is 11.8 Å². The number of carbonyl (C=O) groups excluding carboxylic acids is 2. The number of benzene rings is 2. The molecule has 3 N–H and O–H groups in total. The van der Waals surface area contributed by atoms with Gasteiger partial charge in [-0.3, -0.25) is 10.1 Å². The summed E-state index contributed by atoms with van der Waals surface area (Å²) in [6.07, 6.45) is 4.51. The molecule has 0 fully saturated rings. The first-order chi connectivity index (χ1) is 19.1. The van der Waals surface area contributed by atoms with Crippen LogP contribution in [0.5, 0.6) is 11.5 Å². The van der Waals surface area contributed by atoms with E-state index in [0.717, 1.165) is 27.4 Å². The molecule has 1 aliphatic heterocycles. The maximum Gasteiger partial charge on any atom is 0.324 e. The predicted molar refractivity (Wildman–Crippen MR) is 159 cm³/mol. The number of nitrogens with zero attached hydrogens (tertiary/aromatic N) is 3. The summed E-state index contributed by atoms with van der Waals surface area (Å²) in [4.78, 5) is 30.0. The number of aryl methyl sites for hydroxylation is 1. The standard InChI is InChI=1S/C30H32N6O3S/c1-18-6-8-19(9-7-18)36-26(17-25(35-36)30(2,3)4)33-29(38)32-22-12-10-20(16-24(22)40-5)39-23-14-15-31-28-21(23)11-13-27(37)34-28/h6-10,12,14-17H,11,13H2,1-5H3,(H,31,34,37)(H2,32,33,38). The number of amides is 3. The average Bonchev–Trinajstić information content (AvgIpc) is 3.34. The molecule has 2 aromatic carbocycles. The zero-order valence-electron chi connectivity index (χ0n) is 23.2. The Kier molecular flexibility index (Phi) is 7.53. The highest BCUT2D eigenvalue weighted by molar-refractivity contribution is 7.98. The van der Waals surface area contributed by atoms with E-state index in [-0.39, 0.29) is 17.4 Å². The van der Waals surface area contributed by atoms with Crippen molar-refractivity contribution < 1.29 is 14.3 Å². The molecule has 0 saturated heterocycles. The third-order valence-electron chi connectivity index (χ3n) is 6.52. The fourth-order valence-electron chi connectivity index (χ4n) is 4.31. The molecule has 206 valence electrons. The zero-order valence-corrected chi connectivity index (χ0v) is 24.0. The highest BCUT2D eigenvalue weighted by Crippen LogP contribution is 2.36. The van der Waals surface area contributed by atoms with Crippen LogP contribution in [0.1, 0.15) is 44.0 Å². The Labute approximate surface area is 237 Å². The van der Waals surface area contributed by atoms with E-state index in [1.54, 1.807) is 23.0 Å². The van der Waals surface area contributed by atoms with Crippen LogP contribution in [0.2, 0.25) is 0 Å². The summed E-state index contributed by atoms with van der Waals surface area (Å²) in [5.74, 6) is 2.33. The van der Waals surface area contributed by atoms with Crippen LogP contribution in [0.3, 0.4) is 0 Å². The van der Waals surface area contributed by atoms with E-state index in [4.69, 9.17) is 9.84 Å². The Morgan fingerprint density at radius 3 is 2.55 bits per heavy atom. The van der Waals surface area contributed by atoms with Gasteiger partial charge in [-0.25, -0.2) is 14.5 Å². The second-order valence-electron chi connectivity index (χ2n) is 10.6. The van der Waals surface area contributed by atoms with Gasteiger partial charge in [-0.2, -0.15) is 5.10 Å². The lowest BCUT2D eigenvalue weighted by molar-refractivity contribution is -0.116. The molecule has 40 heavy (non-hydrogen) atoms. The summed E-state index contributed by atoms with van der Waals surface area (Å²) >= 11 is 1.50. The molecule has 0 bridgehead atoms. The molecule has 5 rings (SSSR count). The topological polar surface area (TPSA) is 110 Å². The van der Waals surface area contributed by atoms with Crippen LogP contribution in [0.15, 0.2) is 65.7 Å². The first-order valence-corrected chi connectivity index (χ1v) is 14.2. The summed E-state index contributed by atoms with van der Waals surface area (Å²) in [5.41, 5.74) is 4.21. The number of aromatic nitrogens is 3. The number of hydrogen-bond acceptors (Lipinski definition) is 6. The van der Waals surface area contributed by atoms with Crippen molar-refractivity contribution >= 4 is 41.0 Å².